The van der Waals surface area contributed by atoms with Gasteiger partial charge in [-0.3, -0.25) is 9.52 Å². The molecule has 0 spiro atoms. The van der Waals surface area contributed by atoms with Gasteiger partial charge in [-0.15, -0.1) is 0 Å². The van der Waals surface area contributed by atoms with Crippen LogP contribution in [0.3, 0.4) is 0 Å². The van der Waals surface area contributed by atoms with Crippen LogP contribution in [0.25, 0.3) is 0 Å². The fraction of sp³-hybridized carbons (Fsp3) is 0.0952. The first-order chi connectivity index (χ1) is 14.4. The monoisotopic (exact) mass is 445 g/mol. The smallest absolute Gasteiger partial charge is 0.261 e. The molecule has 9 heteroatoms. The van der Waals surface area contributed by atoms with Crippen LogP contribution in [0.5, 0.6) is 5.75 Å². The van der Waals surface area contributed by atoms with Crippen molar-refractivity contribution in [2.45, 2.75) is 4.90 Å². The first-order valence-electron chi connectivity index (χ1n) is 8.92. The van der Waals surface area contributed by atoms with Crippen molar-refractivity contribution in [1.82, 2.24) is 0 Å². The molecule has 156 valence electrons. The summed E-state index contributed by atoms with van der Waals surface area (Å²) < 4.78 is 32.6. The molecule has 3 rings (SSSR count). The molecule has 0 unspecified atom stereocenters. The minimum Gasteiger partial charge on any atom is -0.495 e. The summed E-state index contributed by atoms with van der Waals surface area (Å²) >= 11 is 5.98. The number of benzene rings is 3. The summed E-state index contributed by atoms with van der Waals surface area (Å²) in [6.07, 6.45) is 0. The van der Waals surface area contributed by atoms with E-state index in [2.05, 4.69) is 15.4 Å². The zero-order chi connectivity index (χ0) is 21.6. The number of carbonyl (C=O) groups excluding carboxylic acids is 1. The van der Waals surface area contributed by atoms with E-state index in [0.717, 1.165) is 0 Å². The number of halogens is 1. The first-order valence-corrected chi connectivity index (χ1v) is 10.8. The third-order valence-corrected chi connectivity index (χ3v) is 5.69. The van der Waals surface area contributed by atoms with Crippen molar-refractivity contribution < 1.29 is 17.9 Å². The molecular formula is C21H20ClN3O4S. The van der Waals surface area contributed by atoms with Crippen molar-refractivity contribution >= 4 is 44.6 Å². The van der Waals surface area contributed by atoms with Gasteiger partial charge in [0, 0.05) is 10.7 Å². The average Bonchev–Trinajstić information content (AvgIpc) is 2.73. The number of ether oxygens (including phenoxy) is 1. The fourth-order valence-corrected chi connectivity index (χ4v) is 3.92. The maximum atomic E-state index is 12.5. The largest absolute Gasteiger partial charge is 0.495 e. The quantitative estimate of drug-likeness (QED) is 0.483. The molecule has 3 N–H and O–H groups in total. The van der Waals surface area contributed by atoms with Crippen LogP contribution in [0.4, 0.5) is 17.1 Å². The molecule has 3 aromatic carbocycles. The minimum atomic E-state index is -3.72. The molecule has 0 bridgehead atoms. The van der Waals surface area contributed by atoms with Crippen LogP contribution in [0.15, 0.2) is 77.7 Å². The molecule has 0 aliphatic carbocycles. The highest BCUT2D eigenvalue weighted by molar-refractivity contribution is 7.92. The van der Waals surface area contributed by atoms with Crippen molar-refractivity contribution in [3.8, 4) is 5.75 Å². The predicted molar refractivity (Wildman–Crippen MR) is 119 cm³/mol. The van der Waals surface area contributed by atoms with Crippen LogP contribution >= 0.6 is 11.6 Å². The number of amides is 1. The Balaban J connectivity index is 1.64. The Morgan fingerprint density at radius 2 is 1.70 bits per heavy atom. The van der Waals surface area contributed by atoms with Crippen LogP contribution in [0.1, 0.15) is 0 Å². The van der Waals surface area contributed by atoms with E-state index in [1.54, 1.807) is 60.7 Å². The molecule has 1 amide bonds. The lowest BCUT2D eigenvalue weighted by atomic mass is 10.2. The summed E-state index contributed by atoms with van der Waals surface area (Å²) in [6, 6.07) is 19.5. The Morgan fingerprint density at radius 1 is 0.967 bits per heavy atom. The molecule has 7 nitrogen and oxygen atoms in total. The van der Waals surface area contributed by atoms with E-state index in [0.29, 0.717) is 27.8 Å². The summed E-state index contributed by atoms with van der Waals surface area (Å²) in [7, 11) is -2.19. The highest BCUT2D eigenvalue weighted by Crippen LogP contribution is 2.27. The molecule has 0 aliphatic heterocycles. The summed E-state index contributed by atoms with van der Waals surface area (Å²) in [5, 5.41) is 6.20. The molecule has 0 saturated heterocycles. The van der Waals surface area contributed by atoms with Gasteiger partial charge in [0.05, 0.1) is 29.9 Å². The fourth-order valence-electron chi connectivity index (χ4n) is 2.67. The summed E-state index contributed by atoms with van der Waals surface area (Å²) in [6.45, 7) is -0.0311. The predicted octanol–water partition coefficient (Wildman–Crippen LogP) is 4.20. The number of anilines is 3. The van der Waals surface area contributed by atoms with E-state index in [1.165, 1.54) is 19.2 Å². The zero-order valence-corrected chi connectivity index (χ0v) is 17.6. The lowest BCUT2D eigenvalue weighted by molar-refractivity contribution is -0.114. The van der Waals surface area contributed by atoms with Gasteiger partial charge in [0.1, 0.15) is 5.75 Å². The standard InChI is InChI=1S/C21H20ClN3O4S/c1-29-20-11-10-15(22)12-19(20)23-14-21(26)24-16-6-5-7-17(13-16)25-30(27,28)18-8-3-2-4-9-18/h2-13,23,25H,14H2,1H3,(H,24,26). The highest BCUT2D eigenvalue weighted by atomic mass is 35.5. The molecule has 0 fully saturated rings. The molecular weight excluding hydrogens is 426 g/mol. The third kappa shape index (κ3) is 5.65. The molecule has 3 aromatic rings. The lowest BCUT2D eigenvalue weighted by Gasteiger charge is -2.13. The number of methoxy groups -OCH3 is 1. The number of carbonyl (C=O) groups is 1. The van der Waals surface area contributed by atoms with E-state index < -0.39 is 10.0 Å². The Bertz CT molecular complexity index is 1140. The SMILES string of the molecule is COc1ccc(Cl)cc1NCC(=O)Nc1cccc(NS(=O)(=O)c2ccccc2)c1. The third-order valence-electron chi connectivity index (χ3n) is 4.05. The Kier molecular flexibility index (Phi) is 6.81. The highest BCUT2D eigenvalue weighted by Gasteiger charge is 2.14. The topological polar surface area (TPSA) is 96.5 Å². The van der Waals surface area contributed by atoms with Crippen LogP contribution < -0.4 is 20.1 Å². The summed E-state index contributed by atoms with van der Waals surface area (Å²) in [5.74, 6) is 0.240. The first kappa shape index (κ1) is 21.5. The second kappa shape index (κ2) is 9.51. The molecule has 0 aliphatic rings. The van der Waals surface area contributed by atoms with Crippen molar-refractivity contribution in [2.75, 3.05) is 29.0 Å². The van der Waals surface area contributed by atoms with Crippen LogP contribution in [0.2, 0.25) is 5.02 Å². The van der Waals surface area contributed by atoms with E-state index in [1.807, 2.05) is 0 Å². The summed E-state index contributed by atoms with van der Waals surface area (Å²) in [4.78, 5) is 12.5. The van der Waals surface area contributed by atoms with E-state index in [4.69, 9.17) is 16.3 Å². The van der Waals surface area contributed by atoms with Gasteiger partial charge in [-0.25, -0.2) is 8.42 Å². The molecule has 0 atom stereocenters. The van der Waals surface area contributed by atoms with Crippen molar-refractivity contribution in [3.63, 3.8) is 0 Å². The Labute approximate surface area is 180 Å². The van der Waals surface area contributed by atoms with Crippen molar-refractivity contribution in [3.05, 3.63) is 77.8 Å². The second-order valence-corrected chi connectivity index (χ2v) is 8.36. The average molecular weight is 446 g/mol. The van der Waals surface area contributed by atoms with Gasteiger partial charge in [-0.2, -0.15) is 0 Å². The van der Waals surface area contributed by atoms with Gasteiger partial charge >= 0.3 is 0 Å². The van der Waals surface area contributed by atoms with Gasteiger partial charge in [-0.1, -0.05) is 35.9 Å². The number of sulfonamides is 1. The van der Waals surface area contributed by atoms with Gasteiger partial charge in [0.25, 0.3) is 10.0 Å². The van der Waals surface area contributed by atoms with Crippen LogP contribution in [0, 0.1) is 0 Å². The molecule has 0 heterocycles. The van der Waals surface area contributed by atoms with Crippen LogP contribution in [-0.2, 0) is 14.8 Å². The van der Waals surface area contributed by atoms with Crippen LogP contribution in [-0.4, -0.2) is 28.0 Å². The molecule has 0 aromatic heterocycles. The maximum absolute atomic E-state index is 12.5. The normalized spacial score (nSPS) is 10.9. The second-order valence-electron chi connectivity index (χ2n) is 6.25. The lowest BCUT2D eigenvalue weighted by Crippen LogP contribution is -2.22. The summed E-state index contributed by atoms with van der Waals surface area (Å²) in [5.41, 5.74) is 1.37. The molecule has 30 heavy (non-hydrogen) atoms. The van der Waals surface area contributed by atoms with Gasteiger partial charge in [0.15, 0.2) is 0 Å². The Hall–Kier alpha value is -3.23. The number of hydrogen-bond acceptors (Lipinski definition) is 5. The van der Waals surface area contributed by atoms with E-state index in [-0.39, 0.29) is 17.3 Å². The van der Waals surface area contributed by atoms with Gasteiger partial charge in [-0.05, 0) is 48.5 Å². The van der Waals surface area contributed by atoms with E-state index in [9.17, 15) is 13.2 Å². The zero-order valence-electron chi connectivity index (χ0n) is 16.1. The molecule has 0 radical (unpaired) electrons. The molecule has 0 saturated carbocycles. The Morgan fingerprint density at radius 3 is 2.43 bits per heavy atom. The van der Waals surface area contributed by atoms with Gasteiger partial charge < -0.3 is 15.4 Å². The number of nitrogens with one attached hydrogen (secondary N) is 3. The minimum absolute atomic E-state index is 0.0311. The number of hydrogen-bond donors (Lipinski definition) is 3. The van der Waals surface area contributed by atoms with E-state index >= 15 is 0 Å². The maximum Gasteiger partial charge on any atom is 0.261 e. The van der Waals surface area contributed by atoms with Gasteiger partial charge in [0.2, 0.25) is 5.91 Å². The van der Waals surface area contributed by atoms with Crippen molar-refractivity contribution in [1.29, 1.82) is 0 Å². The van der Waals surface area contributed by atoms with Crippen molar-refractivity contribution in [2.24, 2.45) is 0 Å². The number of rotatable bonds is 8.